The highest BCUT2D eigenvalue weighted by Crippen LogP contribution is 2.35. The monoisotopic (exact) mass is 440 g/mol. The van der Waals surface area contributed by atoms with Crippen LogP contribution >= 0.6 is 0 Å². The van der Waals surface area contributed by atoms with Crippen LogP contribution < -0.4 is 9.64 Å². The van der Waals surface area contributed by atoms with Crippen LogP contribution in [0, 0.1) is 6.92 Å². The second-order valence-electron chi connectivity index (χ2n) is 8.54. The lowest BCUT2D eigenvalue weighted by molar-refractivity contribution is -0.120. The molecule has 0 saturated heterocycles. The maximum absolute atomic E-state index is 13.6. The van der Waals surface area contributed by atoms with Crippen molar-refractivity contribution in [2.24, 2.45) is 0 Å². The minimum absolute atomic E-state index is 0.0501. The largest absolute Gasteiger partial charge is 0.491 e. The minimum atomic E-state index is -0.321. The van der Waals surface area contributed by atoms with Crippen molar-refractivity contribution in [2.45, 2.75) is 33.4 Å². The minimum Gasteiger partial charge on any atom is -0.491 e. The summed E-state index contributed by atoms with van der Waals surface area (Å²) in [6.45, 7) is 6.38. The lowest BCUT2D eigenvalue weighted by atomic mass is 10.0. The Bertz CT molecular complexity index is 1200. The van der Waals surface area contributed by atoms with Crippen LogP contribution in [0.4, 0.5) is 5.69 Å². The number of imide groups is 1. The normalized spacial score (nSPS) is 13.8. The van der Waals surface area contributed by atoms with Gasteiger partial charge in [0.1, 0.15) is 11.4 Å². The Labute approximate surface area is 194 Å². The first-order valence-electron chi connectivity index (χ1n) is 11.1. The number of rotatable bonds is 7. The predicted octanol–water partition coefficient (Wildman–Crippen LogP) is 5.20. The summed E-state index contributed by atoms with van der Waals surface area (Å²) in [6.07, 6.45) is 0.0501. The van der Waals surface area contributed by atoms with Crippen molar-refractivity contribution in [1.29, 1.82) is 0 Å². The molecule has 0 aromatic heterocycles. The summed E-state index contributed by atoms with van der Waals surface area (Å²) in [7, 11) is 1.85. The number of carbonyl (C=O) groups excluding carboxylic acids is 2. The lowest BCUT2D eigenvalue weighted by Crippen LogP contribution is -2.34. The van der Waals surface area contributed by atoms with Gasteiger partial charge in [0.25, 0.3) is 11.8 Å². The van der Waals surface area contributed by atoms with Gasteiger partial charge >= 0.3 is 0 Å². The molecule has 1 aliphatic rings. The number of anilines is 1. The Balaban J connectivity index is 1.77. The molecule has 5 heteroatoms. The van der Waals surface area contributed by atoms with Gasteiger partial charge in [-0.3, -0.25) is 9.59 Å². The van der Waals surface area contributed by atoms with E-state index in [0.29, 0.717) is 29.1 Å². The van der Waals surface area contributed by atoms with E-state index in [1.165, 1.54) is 4.90 Å². The van der Waals surface area contributed by atoms with E-state index in [1.54, 1.807) is 6.07 Å². The second-order valence-corrected chi connectivity index (χ2v) is 8.54. The number of ether oxygens (including phenoxy) is 1. The fraction of sp³-hybridized carbons (Fsp3) is 0.214. The van der Waals surface area contributed by atoms with Gasteiger partial charge in [-0.05, 0) is 61.7 Å². The van der Waals surface area contributed by atoms with Crippen LogP contribution in [-0.4, -0.2) is 29.9 Å². The molecule has 33 heavy (non-hydrogen) atoms. The van der Waals surface area contributed by atoms with Gasteiger partial charge in [0.05, 0.1) is 17.4 Å². The van der Waals surface area contributed by atoms with Gasteiger partial charge in [-0.1, -0.05) is 54.6 Å². The van der Waals surface area contributed by atoms with Gasteiger partial charge in [0.2, 0.25) is 0 Å². The molecule has 0 spiro atoms. The van der Waals surface area contributed by atoms with Crippen LogP contribution in [-0.2, 0) is 16.1 Å². The maximum atomic E-state index is 13.6. The van der Waals surface area contributed by atoms with Gasteiger partial charge in [-0.2, -0.15) is 0 Å². The van der Waals surface area contributed by atoms with Crippen molar-refractivity contribution in [3.63, 3.8) is 0 Å². The van der Waals surface area contributed by atoms with Crippen LogP contribution in [0.3, 0.4) is 0 Å². The van der Waals surface area contributed by atoms with Crippen molar-refractivity contribution >= 4 is 23.1 Å². The summed E-state index contributed by atoms with van der Waals surface area (Å²) in [5.41, 5.74) is 4.09. The van der Waals surface area contributed by atoms with Crippen LogP contribution in [0.25, 0.3) is 5.57 Å². The quantitative estimate of drug-likeness (QED) is 0.474. The molecule has 0 atom stereocenters. The van der Waals surface area contributed by atoms with Crippen LogP contribution in [0.2, 0.25) is 0 Å². The molecule has 0 radical (unpaired) electrons. The predicted molar refractivity (Wildman–Crippen MR) is 131 cm³/mol. The van der Waals surface area contributed by atoms with E-state index in [9.17, 15) is 9.59 Å². The van der Waals surface area contributed by atoms with Crippen molar-refractivity contribution in [1.82, 2.24) is 4.90 Å². The zero-order valence-electron chi connectivity index (χ0n) is 19.4. The maximum Gasteiger partial charge on any atom is 0.282 e. The summed E-state index contributed by atoms with van der Waals surface area (Å²) in [5, 5.41) is 0. The fourth-order valence-corrected chi connectivity index (χ4v) is 4.04. The molecule has 0 saturated carbocycles. The number of aryl methyl sites for hydroxylation is 1. The molecule has 5 nitrogen and oxygen atoms in total. The molecule has 4 rings (SSSR count). The first-order chi connectivity index (χ1) is 15.8. The molecular formula is C28H28N2O3. The first-order valence-corrected chi connectivity index (χ1v) is 11.1. The Morgan fingerprint density at radius 3 is 2.21 bits per heavy atom. The van der Waals surface area contributed by atoms with E-state index in [-0.39, 0.29) is 17.9 Å². The molecule has 2 amide bonds. The molecular weight excluding hydrogens is 412 g/mol. The average molecular weight is 441 g/mol. The van der Waals surface area contributed by atoms with Gasteiger partial charge < -0.3 is 9.64 Å². The number of hydrogen-bond donors (Lipinski definition) is 0. The summed E-state index contributed by atoms with van der Waals surface area (Å²) < 4.78 is 5.75. The zero-order chi connectivity index (χ0) is 23.5. The van der Waals surface area contributed by atoms with E-state index < -0.39 is 0 Å². The molecule has 3 aromatic carbocycles. The summed E-state index contributed by atoms with van der Waals surface area (Å²) in [5.74, 6) is 0.0837. The van der Waals surface area contributed by atoms with Gasteiger partial charge in [-0.25, -0.2) is 4.90 Å². The number of nitrogens with zero attached hydrogens (tertiary/aromatic N) is 2. The third kappa shape index (κ3) is 4.67. The Morgan fingerprint density at radius 1 is 0.879 bits per heavy atom. The third-order valence-electron chi connectivity index (χ3n) is 5.48. The van der Waals surface area contributed by atoms with E-state index >= 15 is 0 Å². The SMILES string of the molecule is Cc1cccc(N2C(=O)C(c3ccc(OC(C)C)cc3)=C(N(C)Cc3ccccc3)C2=O)c1. The molecule has 1 aliphatic heterocycles. The Hall–Kier alpha value is -3.86. The molecule has 3 aromatic rings. The number of hydrogen-bond acceptors (Lipinski definition) is 4. The van der Waals surface area contributed by atoms with E-state index in [1.807, 2.05) is 106 Å². The highest BCUT2D eigenvalue weighted by molar-refractivity contribution is 6.45. The standard InChI is InChI=1S/C28H28N2O3/c1-19(2)33-24-15-13-22(14-16-24)25-26(29(4)18-21-10-6-5-7-11-21)28(32)30(27(25)31)23-12-8-9-20(3)17-23/h5-17,19H,18H2,1-4H3. The molecule has 0 aliphatic carbocycles. The van der Waals surface area contributed by atoms with E-state index in [2.05, 4.69) is 0 Å². The van der Waals surface area contributed by atoms with Crippen molar-refractivity contribution in [3.8, 4) is 5.75 Å². The number of carbonyl (C=O) groups is 2. The highest BCUT2D eigenvalue weighted by atomic mass is 16.5. The number of likely N-dealkylation sites (N-methyl/N-ethyl adjacent to an activating group) is 1. The molecule has 0 unspecified atom stereocenters. The zero-order valence-corrected chi connectivity index (χ0v) is 19.4. The van der Waals surface area contributed by atoms with Crippen LogP contribution in [0.1, 0.15) is 30.5 Å². The van der Waals surface area contributed by atoms with E-state index in [0.717, 1.165) is 16.9 Å². The summed E-state index contributed by atoms with van der Waals surface area (Å²) in [6, 6.07) is 24.7. The first kappa shape index (κ1) is 22.3. The molecule has 0 N–H and O–H groups in total. The fourth-order valence-electron chi connectivity index (χ4n) is 4.04. The molecule has 0 fully saturated rings. The van der Waals surface area contributed by atoms with Gasteiger partial charge in [-0.15, -0.1) is 0 Å². The topological polar surface area (TPSA) is 49.9 Å². The number of amides is 2. The smallest absolute Gasteiger partial charge is 0.282 e. The summed E-state index contributed by atoms with van der Waals surface area (Å²) >= 11 is 0. The Kier molecular flexibility index (Phi) is 6.31. The van der Waals surface area contributed by atoms with Gasteiger partial charge in [0, 0.05) is 13.6 Å². The third-order valence-corrected chi connectivity index (χ3v) is 5.48. The molecule has 0 bridgehead atoms. The molecule has 168 valence electrons. The van der Waals surface area contributed by atoms with Crippen molar-refractivity contribution in [3.05, 3.63) is 101 Å². The number of benzene rings is 3. The van der Waals surface area contributed by atoms with Crippen LogP contribution in [0.5, 0.6) is 5.75 Å². The van der Waals surface area contributed by atoms with Crippen LogP contribution in [0.15, 0.2) is 84.6 Å². The molecule has 1 heterocycles. The summed E-state index contributed by atoms with van der Waals surface area (Å²) in [4.78, 5) is 30.4. The lowest BCUT2D eigenvalue weighted by Gasteiger charge is -2.22. The highest BCUT2D eigenvalue weighted by Gasteiger charge is 2.41. The Morgan fingerprint density at radius 2 is 1.58 bits per heavy atom. The van der Waals surface area contributed by atoms with Crippen molar-refractivity contribution in [2.75, 3.05) is 11.9 Å². The second kappa shape index (κ2) is 9.33. The van der Waals surface area contributed by atoms with E-state index in [4.69, 9.17) is 4.74 Å². The van der Waals surface area contributed by atoms with Gasteiger partial charge in [0.15, 0.2) is 0 Å². The van der Waals surface area contributed by atoms with Crippen molar-refractivity contribution < 1.29 is 14.3 Å². The average Bonchev–Trinajstić information content (AvgIpc) is 3.04.